The lowest BCUT2D eigenvalue weighted by molar-refractivity contribution is 0.411. The van der Waals surface area contributed by atoms with Crippen molar-refractivity contribution < 1.29 is 9.13 Å². The van der Waals surface area contributed by atoms with Crippen LogP contribution in [0.4, 0.5) is 4.39 Å². The average Bonchev–Trinajstić information content (AvgIpc) is 2.30. The zero-order chi connectivity index (χ0) is 10.7. The second kappa shape index (κ2) is 4.09. The predicted octanol–water partition coefficient (Wildman–Crippen LogP) is 2.90. The van der Waals surface area contributed by atoms with Gasteiger partial charge < -0.3 is 4.74 Å². The summed E-state index contributed by atoms with van der Waals surface area (Å²) in [6.45, 7) is 0. The topological polar surface area (TPSA) is 22.1 Å². The van der Waals surface area contributed by atoms with E-state index in [2.05, 4.69) is 4.98 Å². The maximum atomic E-state index is 13.6. The summed E-state index contributed by atoms with van der Waals surface area (Å²) >= 11 is 0. The number of methoxy groups -OCH3 is 1. The van der Waals surface area contributed by atoms with Gasteiger partial charge in [-0.15, -0.1) is 0 Å². The van der Waals surface area contributed by atoms with Crippen LogP contribution in [-0.4, -0.2) is 12.1 Å². The molecule has 1 aromatic carbocycles. The van der Waals surface area contributed by atoms with Gasteiger partial charge in [-0.05, 0) is 24.3 Å². The Balaban J connectivity index is 2.46. The molecule has 0 N–H and O–H groups in total. The summed E-state index contributed by atoms with van der Waals surface area (Å²) in [5.74, 6) is 0.181. The van der Waals surface area contributed by atoms with Crippen molar-refractivity contribution in [2.75, 3.05) is 7.11 Å². The number of ether oxygens (including phenoxy) is 1. The van der Waals surface area contributed by atoms with Gasteiger partial charge >= 0.3 is 0 Å². The number of hydrogen-bond acceptors (Lipinski definition) is 2. The summed E-state index contributed by atoms with van der Waals surface area (Å²) in [5.41, 5.74) is 1.11. The molecule has 0 atom stereocenters. The molecule has 0 aliphatic carbocycles. The van der Waals surface area contributed by atoms with Crippen molar-refractivity contribution in [1.82, 2.24) is 4.98 Å². The van der Waals surface area contributed by atoms with Crippen molar-refractivity contribution in [2.45, 2.75) is 0 Å². The normalized spacial score (nSPS) is 10.0. The van der Waals surface area contributed by atoms with Crippen molar-refractivity contribution in [3.8, 4) is 17.0 Å². The molecule has 2 aromatic rings. The molecule has 1 aromatic heterocycles. The second-order valence-electron chi connectivity index (χ2n) is 3.06. The molecule has 0 amide bonds. The first-order valence-corrected chi connectivity index (χ1v) is 4.56. The third kappa shape index (κ3) is 1.96. The molecule has 0 bridgehead atoms. The van der Waals surface area contributed by atoms with Crippen LogP contribution < -0.4 is 4.74 Å². The molecule has 2 rings (SSSR count). The zero-order valence-electron chi connectivity index (χ0n) is 8.27. The van der Waals surface area contributed by atoms with Crippen molar-refractivity contribution in [2.24, 2.45) is 0 Å². The quantitative estimate of drug-likeness (QED) is 0.748. The molecule has 0 aliphatic heterocycles. The highest BCUT2D eigenvalue weighted by Gasteiger charge is 2.06. The predicted molar refractivity (Wildman–Crippen MR) is 56.2 cm³/mol. The zero-order valence-corrected chi connectivity index (χ0v) is 8.27. The summed E-state index contributed by atoms with van der Waals surface area (Å²) < 4.78 is 18.5. The van der Waals surface area contributed by atoms with Gasteiger partial charge in [-0.2, -0.15) is 0 Å². The average molecular weight is 203 g/mol. The molecule has 0 radical (unpaired) electrons. The third-order valence-electron chi connectivity index (χ3n) is 2.12. The summed E-state index contributed by atoms with van der Waals surface area (Å²) in [6.07, 6.45) is 1.64. The van der Waals surface area contributed by atoms with Gasteiger partial charge in [0.15, 0.2) is 0 Å². The highest BCUT2D eigenvalue weighted by Crippen LogP contribution is 2.24. The van der Waals surface area contributed by atoms with E-state index in [0.29, 0.717) is 17.0 Å². The van der Waals surface area contributed by atoms with Crippen LogP contribution in [0.5, 0.6) is 5.75 Å². The minimum atomic E-state index is -0.326. The number of rotatable bonds is 2. The lowest BCUT2D eigenvalue weighted by atomic mass is 10.1. The maximum Gasteiger partial charge on any atom is 0.136 e. The number of benzene rings is 1. The fourth-order valence-electron chi connectivity index (χ4n) is 1.35. The van der Waals surface area contributed by atoms with Crippen LogP contribution in [0.3, 0.4) is 0 Å². The van der Waals surface area contributed by atoms with Gasteiger partial charge in [0.25, 0.3) is 0 Å². The Kier molecular flexibility index (Phi) is 2.63. The number of aromatic nitrogens is 1. The van der Waals surface area contributed by atoms with E-state index in [9.17, 15) is 4.39 Å². The molecule has 2 nitrogen and oxygen atoms in total. The number of pyridine rings is 1. The van der Waals surface area contributed by atoms with E-state index < -0.39 is 0 Å². The Morgan fingerprint density at radius 2 is 2.07 bits per heavy atom. The number of nitrogens with zero attached hydrogens (tertiary/aromatic N) is 1. The summed E-state index contributed by atoms with van der Waals surface area (Å²) in [7, 11) is 1.51. The minimum absolute atomic E-state index is 0.326. The Hall–Kier alpha value is -1.90. The van der Waals surface area contributed by atoms with Gasteiger partial charge in [-0.3, -0.25) is 4.98 Å². The smallest absolute Gasteiger partial charge is 0.136 e. The molecule has 0 unspecified atom stereocenters. The lowest BCUT2D eigenvalue weighted by Crippen LogP contribution is -1.89. The van der Waals surface area contributed by atoms with Crippen LogP contribution in [0.15, 0.2) is 42.6 Å². The van der Waals surface area contributed by atoms with E-state index in [1.807, 2.05) is 6.07 Å². The second-order valence-corrected chi connectivity index (χ2v) is 3.06. The molecule has 15 heavy (non-hydrogen) atoms. The van der Waals surface area contributed by atoms with Crippen LogP contribution in [0.25, 0.3) is 11.3 Å². The van der Waals surface area contributed by atoms with Crippen LogP contribution in [0, 0.1) is 5.82 Å². The van der Waals surface area contributed by atoms with Gasteiger partial charge in [-0.1, -0.05) is 6.07 Å². The first-order chi connectivity index (χ1) is 7.31. The summed E-state index contributed by atoms with van der Waals surface area (Å²) in [6, 6.07) is 10.1. The van der Waals surface area contributed by atoms with Gasteiger partial charge in [-0.25, -0.2) is 4.39 Å². The standard InChI is InChI=1S/C12H10FNO/c1-15-9-5-6-10(11(13)8-9)12-4-2-3-7-14-12/h2-8H,1H3. The van der Waals surface area contributed by atoms with Gasteiger partial charge in [0.1, 0.15) is 11.6 Å². The van der Waals surface area contributed by atoms with Gasteiger partial charge in [0.2, 0.25) is 0 Å². The molecule has 0 aliphatic rings. The Morgan fingerprint density at radius 3 is 2.67 bits per heavy atom. The molecular weight excluding hydrogens is 193 g/mol. The van der Waals surface area contributed by atoms with Gasteiger partial charge in [0.05, 0.1) is 12.8 Å². The van der Waals surface area contributed by atoms with Crippen molar-refractivity contribution in [1.29, 1.82) is 0 Å². The number of halogens is 1. The third-order valence-corrected chi connectivity index (χ3v) is 2.12. The van der Waals surface area contributed by atoms with Crippen LogP contribution in [-0.2, 0) is 0 Å². The van der Waals surface area contributed by atoms with E-state index in [0.717, 1.165) is 0 Å². The Labute approximate surface area is 87.4 Å². The SMILES string of the molecule is COc1ccc(-c2ccccn2)c(F)c1. The van der Waals surface area contributed by atoms with Crippen LogP contribution in [0.2, 0.25) is 0 Å². The first kappa shape index (κ1) is 9.65. The fraction of sp³-hybridized carbons (Fsp3) is 0.0833. The van der Waals surface area contributed by atoms with Crippen molar-refractivity contribution >= 4 is 0 Å². The van der Waals surface area contributed by atoms with E-state index in [1.54, 1.807) is 30.5 Å². The molecule has 3 heteroatoms. The van der Waals surface area contributed by atoms with E-state index in [4.69, 9.17) is 4.74 Å². The van der Waals surface area contributed by atoms with E-state index >= 15 is 0 Å². The highest BCUT2D eigenvalue weighted by molar-refractivity contribution is 5.60. The van der Waals surface area contributed by atoms with Crippen molar-refractivity contribution in [3.05, 3.63) is 48.4 Å². The molecule has 0 fully saturated rings. The van der Waals surface area contributed by atoms with Crippen LogP contribution >= 0.6 is 0 Å². The highest BCUT2D eigenvalue weighted by atomic mass is 19.1. The van der Waals surface area contributed by atoms with Crippen molar-refractivity contribution in [3.63, 3.8) is 0 Å². The first-order valence-electron chi connectivity index (χ1n) is 4.56. The number of hydrogen-bond donors (Lipinski definition) is 0. The molecule has 0 spiro atoms. The lowest BCUT2D eigenvalue weighted by Gasteiger charge is -2.04. The largest absolute Gasteiger partial charge is 0.497 e. The monoisotopic (exact) mass is 203 g/mol. The molecule has 1 heterocycles. The fourth-order valence-corrected chi connectivity index (χ4v) is 1.35. The molecule has 0 saturated heterocycles. The molecular formula is C12H10FNO. The molecule has 76 valence electrons. The summed E-state index contributed by atoms with van der Waals surface area (Å²) in [4.78, 5) is 4.08. The van der Waals surface area contributed by atoms with Gasteiger partial charge in [0, 0.05) is 17.8 Å². The molecule has 0 saturated carbocycles. The Morgan fingerprint density at radius 1 is 1.20 bits per heavy atom. The Bertz CT molecular complexity index is 456. The summed E-state index contributed by atoms with van der Waals surface area (Å²) in [5, 5.41) is 0. The van der Waals surface area contributed by atoms with Crippen LogP contribution in [0.1, 0.15) is 0 Å². The van der Waals surface area contributed by atoms with E-state index in [1.165, 1.54) is 13.2 Å². The maximum absolute atomic E-state index is 13.6. The van der Waals surface area contributed by atoms with E-state index in [-0.39, 0.29) is 5.82 Å². The minimum Gasteiger partial charge on any atom is -0.497 e.